The molecule has 114 valence electrons. The van der Waals surface area contributed by atoms with E-state index in [4.69, 9.17) is 15.0 Å². The lowest BCUT2D eigenvalue weighted by Gasteiger charge is -2.27. The highest BCUT2D eigenvalue weighted by molar-refractivity contribution is 5.57. The number of benzene rings is 1. The topological polar surface area (TPSA) is 74.2 Å². The molecule has 0 aliphatic rings. The van der Waals surface area contributed by atoms with E-state index in [9.17, 15) is 4.39 Å². The van der Waals surface area contributed by atoms with Crippen LogP contribution < -0.4 is 5.73 Å². The molecule has 0 saturated carbocycles. The van der Waals surface area contributed by atoms with Crippen LogP contribution in [0.5, 0.6) is 0 Å². The van der Waals surface area contributed by atoms with E-state index in [0.29, 0.717) is 18.0 Å². The number of hydrogen-bond donors (Lipinski definition) is 1. The third-order valence-electron chi connectivity index (χ3n) is 3.04. The van der Waals surface area contributed by atoms with Gasteiger partial charge >= 0.3 is 0 Å². The number of halogens is 1. The summed E-state index contributed by atoms with van der Waals surface area (Å²) >= 11 is 0. The zero-order valence-electron chi connectivity index (χ0n) is 12.7. The SMILES string of the molecule is CCOC(c1noc(-c2ccc(N)c(F)c2)n1)C(C)(C)C. The molecule has 1 unspecified atom stereocenters. The molecule has 2 rings (SSSR count). The Hall–Kier alpha value is -1.95. The zero-order valence-corrected chi connectivity index (χ0v) is 12.7. The summed E-state index contributed by atoms with van der Waals surface area (Å²) in [5.74, 6) is 0.193. The van der Waals surface area contributed by atoms with Crippen LogP contribution in [-0.2, 0) is 4.74 Å². The molecule has 1 heterocycles. The van der Waals surface area contributed by atoms with Crippen LogP contribution in [-0.4, -0.2) is 16.7 Å². The summed E-state index contributed by atoms with van der Waals surface area (Å²) in [7, 11) is 0. The number of nitrogens with two attached hydrogens (primary N) is 1. The smallest absolute Gasteiger partial charge is 0.258 e. The summed E-state index contributed by atoms with van der Waals surface area (Å²) < 4.78 is 24.4. The van der Waals surface area contributed by atoms with Crippen LogP contribution in [0.4, 0.5) is 10.1 Å². The summed E-state index contributed by atoms with van der Waals surface area (Å²) in [6.45, 7) is 8.56. The van der Waals surface area contributed by atoms with E-state index in [1.54, 1.807) is 6.07 Å². The number of anilines is 1. The quantitative estimate of drug-likeness (QED) is 0.872. The Morgan fingerprint density at radius 1 is 1.38 bits per heavy atom. The fraction of sp³-hybridized carbons (Fsp3) is 0.467. The molecule has 0 saturated heterocycles. The largest absolute Gasteiger partial charge is 0.396 e. The van der Waals surface area contributed by atoms with E-state index in [2.05, 4.69) is 10.1 Å². The number of rotatable bonds is 4. The van der Waals surface area contributed by atoms with Crippen LogP contribution in [0.15, 0.2) is 22.7 Å². The van der Waals surface area contributed by atoms with Gasteiger partial charge in [-0.3, -0.25) is 0 Å². The predicted molar refractivity (Wildman–Crippen MR) is 77.9 cm³/mol. The van der Waals surface area contributed by atoms with E-state index in [-0.39, 0.29) is 23.1 Å². The molecule has 1 aromatic carbocycles. The minimum Gasteiger partial charge on any atom is -0.396 e. The molecule has 0 amide bonds. The van der Waals surface area contributed by atoms with Gasteiger partial charge in [0.25, 0.3) is 5.89 Å². The van der Waals surface area contributed by atoms with Gasteiger partial charge in [0.15, 0.2) is 0 Å². The fourth-order valence-corrected chi connectivity index (χ4v) is 2.00. The van der Waals surface area contributed by atoms with Gasteiger partial charge in [-0.05, 0) is 30.5 Å². The number of aromatic nitrogens is 2. The molecule has 0 aliphatic carbocycles. The Balaban J connectivity index is 2.33. The second-order valence-corrected chi connectivity index (χ2v) is 5.90. The second kappa shape index (κ2) is 5.81. The molecular formula is C15H20FN3O2. The van der Waals surface area contributed by atoms with Crippen molar-refractivity contribution >= 4 is 5.69 Å². The summed E-state index contributed by atoms with van der Waals surface area (Å²) in [6, 6.07) is 4.39. The zero-order chi connectivity index (χ0) is 15.6. The normalized spacial score (nSPS) is 13.4. The third-order valence-corrected chi connectivity index (χ3v) is 3.04. The van der Waals surface area contributed by atoms with Gasteiger partial charge in [-0.2, -0.15) is 4.98 Å². The van der Waals surface area contributed by atoms with E-state index in [1.807, 2.05) is 27.7 Å². The first kappa shape index (κ1) is 15.4. The van der Waals surface area contributed by atoms with Gasteiger partial charge in [0.1, 0.15) is 11.9 Å². The van der Waals surface area contributed by atoms with Crippen LogP contribution in [0, 0.1) is 11.2 Å². The van der Waals surface area contributed by atoms with Gasteiger partial charge in [-0.1, -0.05) is 25.9 Å². The third kappa shape index (κ3) is 3.39. The lowest BCUT2D eigenvalue weighted by atomic mass is 9.88. The molecule has 21 heavy (non-hydrogen) atoms. The predicted octanol–water partition coefficient (Wildman–Crippen LogP) is 3.58. The summed E-state index contributed by atoms with van der Waals surface area (Å²) in [6.07, 6.45) is -0.293. The van der Waals surface area contributed by atoms with E-state index in [1.165, 1.54) is 12.1 Å². The molecule has 2 N–H and O–H groups in total. The maximum Gasteiger partial charge on any atom is 0.258 e. The maximum atomic E-state index is 13.5. The summed E-state index contributed by atoms with van der Waals surface area (Å²) in [5, 5.41) is 3.97. The first-order valence-corrected chi connectivity index (χ1v) is 6.83. The Kier molecular flexibility index (Phi) is 4.27. The van der Waals surface area contributed by atoms with Crippen molar-refractivity contribution in [1.29, 1.82) is 0 Å². The van der Waals surface area contributed by atoms with Crippen LogP contribution in [0.2, 0.25) is 0 Å². The molecule has 2 aromatic rings. The Labute approximate surface area is 123 Å². The van der Waals surface area contributed by atoms with Gasteiger partial charge in [0.05, 0.1) is 5.69 Å². The minimum absolute atomic E-state index is 0.0837. The standard InChI is InChI=1S/C15H20FN3O2/c1-5-20-12(15(2,3)4)13-18-14(21-19-13)9-6-7-11(17)10(16)8-9/h6-8,12H,5,17H2,1-4H3. The molecule has 0 fully saturated rings. The molecule has 0 bridgehead atoms. The van der Waals surface area contributed by atoms with Crippen LogP contribution in [0.3, 0.4) is 0 Å². The lowest BCUT2D eigenvalue weighted by Crippen LogP contribution is -2.22. The molecular weight excluding hydrogens is 273 g/mol. The summed E-state index contributed by atoms with van der Waals surface area (Å²) in [4.78, 5) is 4.33. The van der Waals surface area contributed by atoms with Crippen LogP contribution in [0.25, 0.3) is 11.5 Å². The van der Waals surface area contributed by atoms with Crippen LogP contribution in [0.1, 0.15) is 39.6 Å². The number of hydrogen-bond acceptors (Lipinski definition) is 5. The highest BCUT2D eigenvalue weighted by Gasteiger charge is 2.31. The van der Waals surface area contributed by atoms with Gasteiger partial charge in [0.2, 0.25) is 5.82 Å². The van der Waals surface area contributed by atoms with E-state index >= 15 is 0 Å². The highest BCUT2D eigenvalue weighted by Crippen LogP contribution is 2.35. The maximum absolute atomic E-state index is 13.5. The highest BCUT2D eigenvalue weighted by atomic mass is 19.1. The second-order valence-electron chi connectivity index (χ2n) is 5.90. The Bertz CT molecular complexity index is 620. The molecule has 1 atom stereocenters. The number of ether oxygens (including phenoxy) is 1. The van der Waals surface area contributed by atoms with E-state index < -0.39 is 5.82 Å². The average Bonchev–Trinajstić information content (AvgIpc) is 2.87. The Morgan fingerprint density at radius 2 is 2.10 bits per heavy atom. The minimum atomic E-state index is -0.510. The summed E-state index contributed by atoms with van der Waals surface area (Å²) in [5.41, 5.74) is 5.85. The fourth-order valence-electron chi connectivity index (χ4n) is 2.00. The van der Waals surface area contributed by atoms with Crippen molar-refractivity contribution < 1.29 is 13.7 Å². The van der Waals surface area contributed by atoms with Gasteiger partial charge < -0.3 is 15.0 Å². The van der Waals surface area contributed by atoms with Crippen molar-refractivity contribution in [3.63, 3.8) is 0 Å². The first-order chi connectivity index (χ1) is 9.82. The van der Waals surface area contributed by atoms with Crippen molar-refractivity contribution in [3.05, 3.63) is 29.8 Å². The van der Waals surface area contributed by atoms with Crippen molar-refractivity contribution in [2.75, 3.05) is 12.3 Å². The molecule has 0 spiro atoms. The van der Waals surface area contributed by atoms with Crippen molar-refractivity contribution in [2.45, 2.75) is 33.8 Å². The van der Waals surface area contributed by atoms with Gasteiger partial charge in [-0.15, -0.1) is 0 Å². The Morgan fingerprint density at radius 3 is 2.67 bits per heavy atom. The van der Waals surface area contributed by atoms with Gasteiger partial charge in [0, 0.05) is 12.2 Å². The number of nitrogens with zero attached hydrogens (tertiary/aromatic N) is 2. The molecule has 0 aliphatic heterocycles. The molecule has 5 nitrogen and oxygen atoms in total. The average molecular weight is 293 g/mol. The molecule has 0 radical (unpaired) electrons. The monoisotopic (exact) mass is 293 g/mol. The van der Waals surface area contributed by atoms with E-state index in [0.717, 1.165) is 0 Å². The first-order valence-electron chi connectivity index (χ1n) is 6.83. The van der Waals surface area contributed by atoms with Crippen molar-refractivity contribution in [1.82, 2.24) is 10.1 Å². The lowest BCUT2D eigenvalue weighted by molar-refractivity contribution is -0.0203. The molecule has 1 aromatic heterocycles. The van der Waals surface area contributed by atoms with Gasteiger partial charge in [-0.25, -0.2) is 4.39 Å². The number of nitrogen functional groups attached to an aromatic ring is 1. The van der Waals surface area contributed by atoms with Crippen molar-refractivity contribution in [3.8, 4) is 11.5 Å². The molecule has 6 heteroatoms. The van der Waals surface area contributed by atoms with Crippen molar-refractivity contribution in [2.24, 2.45) is 5.41 Å². The van der Waals surface area contributed by atoms with Crippen LogP contribution >= 0.6 is 0 Å².